The van der Waals surface area contributed by atoms with Crippen LogP contribution in [-0.4, -0.2) is 47.8 Å². The summed E-state index contributed by atoms with van der Waals surface area (Å²) < 4.78 is 5.57. The van der Waals surface area contributed by atoms with Crippen LogP contribution in [0.3, 0.4) is 0 Å². The van der Waals surface area contributed by atoms with Crippen molar-refractivity contribution < 1.29 is 14.6 Å². The largest absolute Gasteiger partial charge is 0.393 e. The van der Waals surface area contributed by atoms with Gasteiger partial charge < -0.3 is 14.7 Å². The molecule has 1 aromatic rings. The topological polar surface area (TPSA) is 49.8 Å². The molecule has 1 saturated carbocycles. The van der Waals surface area contributed by atoms with Crippen molar-refractivity contribution in [2.24, 2.45) is 5.92 Å². The minimum absolute atomic E-state index is 0.0127. The number of hydrogen-bond donors (Lipinski definition) is 1. The smallest absolute Gasteiger partial charge is 0.227 e. The summed E-state index contributed by atoms with van der Waals surface area (Å²) >= 11 is 6.16. The molecule has 22 heavy (non-hydrogen) atoms. The van der Waals surface area contributed by atoms with Gasteiger partial charge in [-0.15, -0.1) is 0 Å². The van der Waals surface area contributed by atoms with Crippen molar-refractivity contribution in [1.29, 1.82) is 0 Å². The van der Waals surface area contributed by atoms with E-state index in [1.165, 1.54) is 0 Å². The number of aliphatic hydroxyl groups excluding tert-OH is 1. The van der Waals surface area contributed by atoms with Gasteiger partial charge in [0.15, 0.2) is 0 Å². The van der Waals surface area contributed by atoms with Crippen molar-refractivity contribution >= 4 is 17.5 Å². The van der Waals surface area contributed by atoms with Crippen LogP contribution in [0.1, 0.15) is 24.8 Å². The maximum absolute atomic E-state index is 12.7. The minimum Gasteiger partial charge on any atom is -0.393 e. The van der Waals surface area contributed by atoms with Crippen LogP contribution in [0.25, 0.3) is 0 Å². The quantitative estimate of drug-likeness (QED) is 0.928. The Kier molecular flexibility index (Phi) is 5.01. The monoisotopic (exact) mass is 323 g/mol. The highest BCUT2D eigenvalue weighted by Crippen LogP contribution is 2.32. The molecule has 3 rings (SSSR count). The highest BCUT2D eigenvalue weighted by molar-refractivity contribution is 6.31. The van der Waals surface area contributed by atoms with Crippen LogP contribution in [0.2, 0.25) is 5.02 Å². The lowest BCUT2D eigenvalue weighted by molar-refractivity contribution is -0.143. The van der Waals surface area contributed by atoms with Crippen molar-refractivity contribution in [3.05, 3.63) is 34.9 Å². The third-order valence-electron chi connectivity index (χ3n) is 4.81. The van der Waals surface area contributed by atoms with Crippen LogP contribution in [0.5, 0.6) is 0 Å². The van der Waals surface area contributed by atoms with E-state index in [2.05, 4.69) is 0 Å². The Morgan fingerprint density at radius 1 is 1.36 bits per heavy atom. The highest BCUT2D eigenvalue weighted by atomic mass is 35.5. The number of benzene rings is 1. The van der Waals surface area contributed by atoms with E-state index in [-0.39, 0.29) is 24.0 Å². The fourth-order valence-corrected chi connectivity index (χ4v) is 3.81. The lowest BCUT2D eigenvalue weighted by Gasteiger charge is -2.40. The number of halogens is 1. The van der Waals surface area contributed by atoms with Gasteiger partial charge in [-0.05, 0) is 24.5 Å². The maximum Gasteiger partial charge on any atom is 0.227 e. The lowest BCUT2D eigenvalue weighted by Crippen LogP contribution is -2.54. The van der Waals surface area contributed by atoms with E-state index >= 15 is 0 Å². The van der Waals surface area contributed by atoms with Gasteiger partial charge in [0.25, 0.3) is 0 Å². The summed E-state index contributed by atoms with van der Waals surface area (Å²) in [4.78, 5) is 14.6. The number of ether oxygens (including phenoxy) is 1. The van der Waals surface area contributed by atoms with Crippen molar-refractivity contribution in [3.8, 4) is 0 Å². The van der Waals surface area contributed by atoms with E-state index < -0.39 is 0 Å². The van der Waals surface area contributed by atoms with Gasteiger partial charge in [-0.25, -0.2) is 0 Å². The van der Waals surface area contributed by atoms with E-state index in [1.54, 1.807) is 0 Å². The number of morpholine rings is 1. The van der Waals surface area contributed by atoms with Crippen LogP contribution < -0.4 is 0 Å². The van der Waals surface area contributed by atoms with Crippen molar-refractivity contribution in [1.82, 2.24) is 4.90 Å². The first kappa shape index (κ1) is 15.8. The first-order valence-corrected chi connectivity index (χ1v) is 8.33. The normalized spacial score (nSPS) is 28.8. The predicted molar refractivity (Wildman–Crippen MR) is 84.8 cm³/mol. The third kappa shape index (κ3) is 3.29. The van der Waals surface area contributed by atoms with E-state index in [1.807, 2.05) is 29.2 Å². The van der Waals surface area contributed by atoms with Crippen molar-refractivity contribution in [2.75, 3.05) is 19.8 Å². The first-order valence-electron chi connectivity index (χ1n) is 7.95. The minimum atomic E-state index is -0.317. The number of aliphatic hydroxyl groups is 1. The van der Waals surface area contributed by atoms with Crippen LogP contribution in [0.15, 0.2) is 24.3 Å². The molecule has 120 valence electrons. The summed E-state index contributed by atoms with van der Waals surface area (Å²) in [5, 5.41) is 10.8. The standard InChI is InChI=1S/C17H22ClNO3/c18-14-6-2-1-4-12(14)10-17(21)19-8-9-22-11-15(19)13-5-3-7-16(13)20/h1-2,4,6,13,15-16,20H,3,5,7-11H2. The van der Waals surface area contributed by atoms with Crippen LogP contribution in [0, 0.1) is 5.92 Å². The van der Waals surface area contributed by atoms with E-state index in [0.29, 0.717) is 31.2 Å². The zero-order valence-electron chi connectivity index (χ0n) is 12.6. The number of rotatable bonds is 3. The molecule has 0 spiro atoms. The number of carbonyl (C=O) groups excluding carboxylic acids is 1. The Hall–Kier alpha value is -1.10. The zero-order valence-corrected chi connectivity index (χ0v) is 13.3. The average molecular weight is 324 g/mol. The Balaban J connectivity index is 1.73. The molecule has 1 aromatic carbocycles. The molecule has 0 bridgehead atoms. The molecular weight excluding hydrogens is 302 g/mol. The summed E-state index contributed by atoms with van der Waals surface area (Å²) in [6.45, 7) is 1.68. The third-order valence-corrected chi connectivity index (χ3v) is 5.18. The molecule has 1 heterocycles. The Morgan fingerprint density at radius 3 is 2.91 bits per heavy atom. The van der Waals surface area contributed by atoms with E-state index in [0.717, 1.165) is 24.8 Å². The molecule has 4 nitrogen and oxygen atoms in total. The molecule has 1 N–H and O–H groups in total. The number of nitrogens with zero attached hydrogens (tertiary/aromatic N) is 1. The van der Waals surface area contributed by atoms with Gasteiger partial charge in [-0.2, -0.15) is 0 Å². The van der Waals surface area contributed by atoms with Gasteiger partial charge >= 0.3 is 0 Å². The van der Waals surface area contributed by atoms with Gasteiger partial charge in [0.05, 0.1) is 31.8 Å². The number of carbonyl (C=O) groups is 1. The summed E-state index contributed by atoms with van der Waals surface area (Å²) in [5.41, 5.74) is 0.853. The SMILES string of the molecule is O=C(Cc1ccccc1Cl)N1CCOCC1C1CCCC1O. The molecule has 1 saturated heterocycles. The van der Waals surface area contributed by atoms with Gasteiger partial charge in [0, 0.05) is 17.5 Å². The molecule has 0 radical (unpaired) electrons. The molecule has 1 aliphatic heterocycles. The summed E-state index contributed by atoms with van der Waals surface area (Å²) in [6, 6.07) is 7.44. The number of hydrogen-bond acceptors (Lipinski definition) is 3. The Morgan fingerprint density at radius 2 is 2.18 bits per heavy atom. The van der Waals surface area contributed by atoms with E-state index in [9.17, 15) is 9.90 Å². The van der Waals surface area contributed by atoms with Crippen molar-refractivity contribution in [3.63, 3.8) is 0 Å². The van der Waals surface area contributed by atoms with Crippen LogP contribution in [-0.2, 0) is 16.0 Å². The molecular formula is C17H22ClNO3. The predicted octanol–water partition coefficient (Wildman–Crippen LogP) is 2.27. The second kappa shape index (κ2) is 6.99. The Labute approximate surface area is 136 Å². The molecule has 1 aliphatic carbocycles. The van der Waals surface area contributed by atoms with Gasteiger partial charge in [-0.3, -0.25) is 4.79 Å². The molecule has 3 atom stereocenters. The maximum atomic E-state index is 12.7. The summed E-state index contributed by atoms with van der Waals surface area (Å²) in [7, 11) is 0. The fourth-order valence-electron chi connectivity index (χ4n) is 3.61. The average Bonchev–Trinajstić information content (AvgIpc) is 2.95. The molecule has 3 unspecified atom stereocenters. The molecule has 2 fully saturated rings. The first-order chi connectivity index (χ1) is 10.7. The zero-order chi connectivity index (χ0) is 15.5. The highest BCUT2D eigenvalue weighted by Gasteiger charge is 2.39. The van der Waals surface area contributed by atoms with Crippen molar-refractivity contribution in [2.45, 2.75) is 37.8 Å². The second-order valence-corrected chi connectivity index (χ2v) is 6.57. The number of amides is 1. The summed E-state index contributed by atoms with van der Waals surface area (Å²) in [5.74, 6) is 0.205. The van der Waals surface area contributed by atoms with Gasteiger partial charge in [0.1, 0.15) is 0 Å². The molecule has 1 amide bonds. The lowest BCUT2D eigenvalue weighted by atomic mass is 9.93. The molecule has 0 aromatic heterocycles. The Bertz CT molecular complexity index is 536. The second-order valence-electron chi connectivity index (χ2n) is 6.16. The fraction of sp³-hybridized carbons (Fsp3) is 0.588. The molecule has 5 heteroatoms. The van der Waals surface area contributed by atoms with Crippen LogP contribution >= 0.6 is 11.6 Å². The van der Waals surface area contributed by atoms with Crippen LogP contribution in [0.4, 0.5) is 0 Å². The van der Waals surface area contributed by atoms with Gasteiger partial charge in [-0.1, -0.05) is 36.2 Å². The van der Waals surface area contributed by atoms with Gasteiger partial charge in [0.2, 0.25) is 5.91 Å². The summed E-state index contributed by atoms with van der Waals surface area (Å²) in [6.07, 6.45) is 2.80. The van der Waals surface area contributed by atoms with E-state index in [4.69, 9.17) is 16.3 Å². The molecule has 2 aliphatic rings.